The second kappa shape index (κ2) is 5.05. The Balaban J connectivity index is 2.21. The maximum atomic E-state index is 10.4. The number of aromatic nitrogens is 1. The minimum absolute atomic E-state index is 0.0772. The van der Waals surface area contributed by atoms with Gasteiger partial charge in [-0.05, 0) is 49.4 Å². The van der Waals surface area contributed by atoms with Gasteiger partial charge in [-0.2, -0.15) is 0 Å². The molecule has 21 heavy (non-hydrogen) atoms. The number of hydrogen-bond acceptors (Lipinski definition) is 1. The van der Waals surface area contributed by atoms with Crippen molar-refractivity contribution in [2.75, 3.05) is 0 Å². The van der Waals surface area contributed by atoms with Crippen LogP contribution in [0.1, 0.15) is 43.3 Å². The molecule has 1 atom stereocenters. The van der Waals surface area contributed by atoms with Crippen molar-refractivity contribution in [3.05, 3.63) is 51.3 Å². The summed E-state index contributed by atoms with van der Waals surface area (Å²) in [6, 6.07) is 7.61. The summed E-state index contributed by atoms with van der Waals surface area (Å²) < 4.78 is 2.15. The van der Waals surface area contributed by atoms with E-state index in [2.05, 4.69) is 24.5 Å². The minimum Gasteiger partial charge on any atom is -0.388 e. The zero-order chi connectivity index (χ0) is 15.4. The zero-order valence-corrected chi connectivity index (χ0v) is 14.0. The lowest BCUT2D eigenvalue weighted by Crippen LogP contribution is -2.26. The molecule has 1 unspecified atom stereocenters. The SMILES string of the molecule is Cc1cc2c(n1-c1ccc(Cl)cc1Cl)CC(C)(C)CC2O. The molecule has 1 aromatic heterocycles. The van der Waals surface area contributed by atoms with E-state index in [1.165, 1.54) is 0 Å². The van der Waals surface area contributed by atoms with Crippen LogP contribution in [0.2, 0.25) is 10.0 Å². The summed E-state index contributed by atoms with van der Waals surface area (Å²) in [5.41, 5.74) is 4.26. The fourth-order valence-corrected chi connectivity index (χ4v) is 3.83. The average molecular weight is 324 g/mol. The van der Waals surface area contributed by atoms with Gasteiger partial charge in [0.25, 0.3) is 0 Å². The molecular formula is C17H19Cl2NO. The van der Waals surface area contributed by atoms with E-state index < -0.39 is 6.10 Å². The van der Waals surface area contributed by atoms with Crippen LogP contribution in [-0.4, -0.2) is 9.67 Å². The fourth-order valence-electron chi connectivity index (χ4n) is 3.34. The number of aryl methyl sites for hydroxylation is 1. The molecule has 112 valence electrons. The molecule has 1 aromatic carbocycles. The molecule has 0 amide bonds. The van der Waals surface area contributed by atoms with Crippen molar-refractivity contribution >= 4 is 23.2 Å². The lowest BCUT2D eigenvalue weighted by molar-refractivity contribution is 0.0987. The highest BCUT2D eigenvalue weighted by atomic mass is 35.5. The third kappa shape index (κ3) is 2.61. The van der Waals surface area contributed by atoms with E-state index >= 15 is 0 Å². The monoisotopic (exact) mass is 323 g/mol. The van der Waals surface area contributed by atoms with Crippen LogP contribution in [0.25, 0.3) is 5.69 Å². The van der Waals surface area contributed by atoms with Crippen LogP contribution < -0.4 is 0 Å². The minimum atomic E-state index is -0.408. The summed E-state index contributed by atoms with van der Waals surface area (Å²) >= 11 is 12.4. The molecule has 2 aromatic rings. The van der Waals surface area contributed by atoms with Crippen LogP contribution in [0.4, 0.5) is 0 Å². The predicted molar refractivity (Wildman–Crippen MR) is 87.6 cm³/mol. The summed E-state index contributed by atoms with van der Waals surface area (Å²) in [7, 11) is 0. The topological polar surface area (TPSA) is 25.2 Å². The molecule has 1 aliphatic carbocycles. The van der Waals surface area contributed by atoms with Crippen molar-refractivity contribution < 1.29 is 5.11 Å². The van der Waals surface area contributed by atoms with Crippen LogP contribution in [0.15, 0.2) is 24.3 Å². The Morgan fingerprint density at radius 3 is 2.62 bits per heavy atom. The molecule has 0 spiro atoms. The van der Waals surface area contributed by atoms with Crippen LogP contribution in [0.3, 0.4) is 0 Å². The van der Waals surface area contributed by atoms with Gasteiger partial charge in [-0.25, -0.2) is 0 Å². The van der Waals surface area contributed by atoms with E-state index in [-0.39, 0.29) is 5.41 Å². The first-order chi connectivity index (χ1) is 9.78. The van der Waals surface area contributed by atoms with Crippen molar-refractivity contribution in [2.45, 2.75) is 39.7 Å². The molecule has 3 rings (SSSR count). The van der Waals surface area contributed by atoms with E-state index in [1.54, 1.807) is 6.07 Å². The van der Waals surface area contributed by atoms with Gasteiger partial charge in [-0.3, -0.25) is 0 Å². The number of hydrogen-bond donors (Lipinski definition) is 1. The second-order valence-corrected chi connectivity index (χ2v) is 7.52. The van der Waals surface area contributed by atoms with Gasteiger partial charge in [0.15, 0.2) is 0 Å². The van der Waals surface area contributed by atoms with Gasteiger partial charge < -0.3 is 9.67 Å². The molecule has 0 bridgehead atoms. The van der Waals surface area contributed by atoms with Gasteiger partial charge in [0.2, 0.25) is 0 Å². The average Bonchev–Trinajstić information content (AvgIpc) is 2.65. The van der Waals surface area contributed by atoms with Crippen LogP contribution in [0.5, 0.6) is 0 Å². The van der Waals surface area contributed by atoms with E-state index in [9.17, 15) is 5.11 Å². The summed E-state index contributed by atoms with van der Waals surface area (Å²) in [6.07, 6.45) is 1.30. The summed E-state index contributed by atoms with van der Waals surface area (Å²) in [5.74, 6) is 0. The zero-order valence-electron chi connectivity index (χ0n) is 12.5. The third-order valence-electron chi connectivity index (χ3n) is 4.22. The molecule has 0 radical (unpaired) electrons. The van der Waals surface area contributed by atoms with Crippen molar-refractivity contribution in [3.63, 3.8) is 0 Å². The van der Waals surface area contributed by atoms with E-state index in [0.717, 1.165) is 35.5 Å². The Bertz CT molecular complexity index is 703. The normalized spacial score (nSPS) is 20.4. The van der Waals surface area contributed by atoms with Gasteiger partial charge in [-0.15, -0.1) is 0 Å². The Morgan fingerprint density at radius 2 is 1.95 bits per heavy atom. The largest absolute Gasteiger partial charge is 0.388 e. The molecule has 1 heterocycles. The van der Waals surface area contributed by atoms with Gasteiger partial charge in [0.1, 0.15) is 0 Å². The number of nitrogens with zero attached hydrogens (tertiary/aromatic N) is 1. The van der Waals surface area contributed by atoms with Gasteiger partial charge in [0, 0.05) is 22.0 Å². The lowest BCUT2D eigenvalue weighted by atomic mass is 9.75. The predicted octanol–water partition coefficient (Wildman–Crippen LogP) is 5.10. The number of rotatable bonds is 1. The maximum absolute atomic E-state index is 10.4. The van der Waals surface area contributed by atoms with Crippen LogP contribution >= 0.6 is 23.2 Å². The number of aliphatic hydroxyl groups is 1. The molecular weight excluding hydrogens is 305 g/mol. The highest BCUT2D eigenvalue weighted by Crippen LogP contribution is 2.43. The fraction of sp³-hybridized carbons (Fsp3) is 0.412. The highest BCUT2D eigenvalue weighted by molar-refractivity contribution is 6.35. The first kappa shape index (κ1) is 15.0. The molecule has 0 saturated carbocycles. The second-order valence-electron chi connectivity index (χ2n) is 6.68. The maximum Gasteiger partial charge on any atom is 0.0812 e. The Morgan fingerprint density at radius 1 is 1.24 bits per heavy atom. The number of aliphatic hydroxyl groups excluding tert-OH is 1. The molecule has 2 nitrogen and oxygen atoms in total. The van der Waals surface area contributed by atoms with E-state index in [4.69, 9.17) is 23.2 Å². The Kier molecular flexibility index (Phi) is 3.59. The number of benzene rings is 1. The number of halogens is 2. The van der Waals surface area contributed by atoms with Crippen molar-refractivity contribution in [2.24, 2.45) is 5.41 Å². The Labute approximate surface area is 135 Å². The molecule has 4 heteroatoms. The first-order valence-corrected chi connectivity index (χ1v) is 7.89. The van der Waals surface area contributed by atoms with Gasteiger partial charge in [-0.1, -0.05) is 37.0 Å². The number of fused-ring (bicyclic) bond motifs is 1. The quantitative estimate of drug-likeness (QED) is 0.776. The van der Waals surface area contributed by atoms with E-state index in [1.807, 2.05) is 19.1 Å². The molecule has 0 aliphatic heterocycles. The molecule has 0 fully saturated rings. The molecule has 0 saturated heterocycles. The first-order valence-electron chi connectivity index (χ1n) is 7.13. The van der Waals surface area contributed by atoms with Crippen LogP contribution in [0, 0.1) is 12.3 Å². The van der Waals surface area contributed by atoms with E-state index in [0.29, 0.717) is 10.0 Å². The van der Waals surface area contributed by atoms with Crippen molar-refractivity contribution in [1.82, 2.24) is 4.57 Å². The summed E-state index contributed by atoms with van der Waals surface area (Å²) in [6.45, 7) is 6.42. The molecule has 1 aliphatic rings. The summed E-state index contributed by atoms with van der Waals surface area (Å²) in [4.78, 5) is 0. The Hall–Kier alpha value is -0.960. The van der Waals surface area contributed by atoms with Gasteiger partial charge >= 0.3 is 0 Å². The van der Waals surface area contributed by atoms with Crippen molar-refractivity contribution in [3.8, 4) is 5.69 Å². The lowest BCUT2D eigenvalue weighted by Gasteiger charge is -2.34. The van der Waals surface area contributed by atoms with Gasteiger partial charge in [0.05, 0.1) is 16.8 Å². The summed E-state index contributed by atoms with van der Waals surface area (Å²) in [5, 5.41) is 11.7. The molecule has 1 N–H and O–H groups in total. The smallest absolute Gasteiger partial charge is 0.0812 e. The van der Waals surface area contributed by atoms with Crippen LogP contribution in [-0.2, 0) is 6.42 Å². The van der Waals surface area contributed by atoms with Crippen molar-refractivity contribution in [1.29, 1.82) is 0 Å². The standard InChI is InChI=1S/C17H19Cl2NO/c1-10-6-12-15(8-17(2,3)9-16(12)21)20(10)14-5-4-11(18)7-13(14)19/h4-7,16,21H,8-9H2,1-3H3. The highest BCUT2D eigenvalue weighted by Gasteiger charge is 2.34. The third-order valence-corrected chi connectivity index (χ3v) is 4.76.